The fourth-order valence-electron chi connectivity index (χ4n) is 4.85. The molecule has 1 N–H and O–H groups in total. The summed E-state index contributed by atoms with van der Waals surface area (Å²) in [4.78, 5) is 13.0. The first-order valence-corrected chi connectivity index (χ1v) is 12.6. The molecule has 0 atom stereocenters. The molecule has 4 aromatic carbocycles. The second-order valence-electron chi connectivity index (χ2n) is 9.46. The largest absolute Gasteiger partial charge is 0.493 e. The lowest BCUT2D eigenvalue weighted by Gasteiger charge is -2.15. The monoisotopic (exact) mass is 489 g/mol. The third-order valence-electron chi connectivity index (χ3n) is 7.03. The molecular weight excluding hydrogens is 458 g/mol. The number of nitrogens with one attached hydrogen (secondary N) is 1. The molecule has 0 aliphatic rings. The molecule has 1 heterocycles. The zero-order chi connectivity index (χ0) is 26.1. The van der Waals surface area contributed by atoms with E-state index in [1.807, 2.05) is 71.2 Å². The van der Waals surface area contributed by atoms with Crippen molar-refractivity contribution in [3.8, 4) is 16.9 Å². The molecule has 0 saturated heterocycles. The summed E-state index contributed by atoms with van der Waals surface area (Å²) in [5.41, 5.74) is 8.54. The molecule has 0 radical (unpaired) electrons. The Labute approximate surface area is 217 Å². The topological polar surface area (TPSA) is 51.5 Å². The van der Waals surface area contributed by atoms with Gasteiger partial charge in [0.15, 0.2) is 0 Å². The van der Waals surface area contributed by atoms with E-state index >= 15 is 0 Å². The number of amides is 1. The molecule has 0 aliphatic carbocycles. The fourth-order valence-corrected chi connectivity index (χ4v) is 4.85. The van der Waals surface area contributed by atoms with E-state index in [1.165, 1.54) is 10.8 Å². The Kier molecular flexibility index (Phi) is 6.58. The molecule has 37 heavy (non-hydrogen) atoms. The van der Waals surface area contributed by atoms with Crippen LogP contribution in [0.3, 0.4) is 0 Å². The predicted molar refractivity (Wildman–Crippen MR) is 153 cm³/mol. The Bertz CT molecular complexity index is 1670. The molecule has 0 fully saturated rings. The van der Waals surface area contributed by atoms with E-state index in [9.17, 15) is 4.79 Å². The number of fused-ring (bicyclic) bond motifs is 2. The Morgan fingerprint density at radius 2 is 1.73 bits per heavy atom. The van der Waals surface area contributed by atoms with Gasteiger partial charge in [0.1, 0.15) is 11.3 Å². The number of allylic oxidation sites excluding steroid dienone is 1. The molecule has 5 rings (SSSR count). The minimum Gasteiger partial charge on any atom is -0.493 e. The van der Waals surface area contributed by atoms with Crippen molar-refractivity contribution < 1.29 is 13.9 Å². The summed E-state index contributed by atoms with van der Waals surface area (Å²) in [7, 11) is 0. The first kappa shape index (κ1) is 24.4. The first-order chi connectivity index (χ1) is 17.9. The van der Waals surface area contributed by atoms with Gasteiger partial charge < -0.3 is 14.5 Å². The maximum atomic E-state index is 13.0. The number of hydrogen-bond acceptors (Lipinski definition) is 3. The number of rotatable bonds is 6. The minimum atomic E-state index is -0.173. The van der Waals surface area contributed by atoms with Crippen LogP contribution in [0.25, 0.3) is 38.4 Å². The van der Waals surface area contributed by atoms with Gasteiger partial charge in [-0.3, -0.25) is 4.79 Å². The average Bonchev–Trinajstić information content (AvgIpc) is 3.32. The van der Waals surface area contributed by atoms with Crippen LogP contribution in [-0.2, 0) is 4.79 Å². The SMILES string of the molecule is CCOc1c(/C(C)=C/C(=O)Nc2cccc(C)c2C)cc2c(-c3ccc4ccccc4c3)coc2c1C. The number of benzene rings is 4. The molecular formula is C33H31NO3. The Hall–Kier alpha value is -4.31. The van der Waals surface area contributed by atoms with Gasteiger partial charge in [0.2, 0.25) is 5.91 Å². The van der Waals surface area contributed by atoms with E-state index in [4.69, 9.17) is 9.15 Å². The highest BCUT2D eigenvalue weighted by Crippen LogP contribution is 2.41. The zero-order valence-electron chi connectivity index (χ0n) is 21.9. The van der Waals surface area contributed by atoms with Crippen LogP contribution in [0.4, 0.5) is 5.69 Å². The summed E-state index contributed by atoms with van der Waals surface area (Å²) in [6, 6.07) is 22.8. The summed E-state index contributed by atoms with van der Waals surface area (Å²) >= 11 is 0. The second kappa shape index (κ2) is 9.98. The van der Waals surface area contributed by atoms with E-state index in [2.05, 4.69) is 41.7 Å². The van der Waals surface area contributed by atoms with Crippen LogP contribution in [0.5, 0.6) is 5.75 Å². The smallest absolute Gasteiger partial charge is 0.248 e. The van der Waals surface area contributed by atoms with Crippen molar-refractivity contribution in [2.45, 2.75) is 34.6 Å². The molecule has 0 bridgehead atoms. The lowest BCUT2D eigenvalue weighted by atomic mass is 9.95. The van der Waals surface area contributed by atoms with E-state index in [0.29, 0.717) is 6.61 Å². The van der Waals surface area contributed by atoms with Crippen LogP contribution in [0, 0.1) is 20.8 Å². The maximum Gasteiger partial charge on any atom is 0.248 e. The number of ether oxygens (including phenoxy) is 1. The van der Waals surface area contributed by atoms with Crippen LogP contribution in [0.2, 0.25) is 0 Å². The molecule has 0 unspecified atom stereocenters. The standard InChI is InChI=1S/C33H31NO3/c1-6-36-32-23(5)33-28(29(19-37-33)26-15-14-24-11-7-8-12-25(24)17-26)18-27(32)21(3)16-31(35)34-30-13-9-10-20(2)22(30)4/h7-19H,6H2,1-5H3,(H,34,35)/b21-16+. The van der Waals surface area contributed by atoms with E-state index in [-0.39, 0.29) is 5.91 Å². The van der Waals surface area contributed by atoms with Gasteiger partial charge in [-0.1, -0.05) is 48.5 Å². The minimum absolute atomic E-state index is 0.173. The summed E-state index contributed by atoms with van der Waals surface area (Å²) in [6.45, 7) is 10.5. The lowest BCUT2D eigenvalue weighted by Crippen LogP contribution is -2.10. The highest BCUT2D eigenvalue weighted by molar-refractivity contribution is 6.06. The maximum absolute atomic E-state index is 13.0. The third kappa shape index (κ3) is 4.63. The number of hydrogen-bond donors (Lipinski definition) is 1. The van der Waals surface area contributed by atoms with E-state index in [1.54, 1.807) is 6.08 Å². The summed E-state index contributed by atoms with van der Waals surface area (Å²) < 4.78 is 12.1. The van der Waals surface area contributed by atoms with Gasteiger partial charge in [0.25, 0.3) is 0 Å². The van der Waals surface area contributed by atoms with Gasteiger partial charge in [0.05, 0.1) is 12.9 Å². The quantitative estimate of drug-likeness (QED) is 0.243. The van der Waals surface area contributed by atoms with Gasteiger partial charge in [-0.05, 0) is 85.9 Å². The number of furan rings is 1. The molecule has 1 aromatic heterocycles. The van der Waals surface area contributed by atoms with E-state index < -0.39 is 0 Å². The highest BCUT2D eigenvalue weighted by Gasteiger charge is 2.19. The normalized spacial score (nSPS) is 11.8. The number of aryl methyl sites for hydroxylation is 2. The predicted octanol–water partition coefficient (Wildman–Crippen LogP) is 8.62. The van der Waals surface area contributed by atoms with Crippen molar-refractivity contribution in [3.05, 3.63) is 101 Å². The zero-order valence-corrected chi connectivity index (χ0v) is 21.9. The van der Waals surface area contributed by atoms with Crippen LogP contribution in [-0.4, -0.2) is 12.5 Å². The highest BCUT2D eigenvalue weighted by atomic mass is 16.5. The van der Waals surface area contributed by atoms with Crippen LogP contribution in [0.15, 0.2) is 83.5 Å². The van der Waals surface area contributed by atoms with Crippen molar-refractivity contribution in [1.82, 2.24) is 0 Å². The molecule has 0 spiro atoms. The summed E-state index contributed by atoms with van der Waals surface area (Å²) in [6.07, 6.45) is 3.45. The van der Waals surface area contributed by atoms with Crippen LogP contribution in [0.1, 0.15) is 36.1 Å². The van der Waals surface area contributed by atoms with Gasteiger partial charge in [-0.25, -0.2) is 0 Å². The van der Waals surface area contributed by atoms with Crippen LogP contribution < -0.4 is 10.1 Å². The van der Waals surface area contributed by atoms with Crippen molar-refractivity contribution in [2.24, 2.45) is 0 Å². The fraction of sp³-hybridized carbons (Fsp3) is 0.182. The van der Waals surface area contributed by atoms with Gasteiger partial charge >= 0.3 is 0 Å². The van der Waals surface area contributed by atoms with E-state index in [0.717, 1.165) is 61.4 Å². The number of carbonyl (C=O) groups is 1. The molecule has 5 aromatic rings. The van der Waals surface area contributed by atoms with Crippen molar-refractivity contribution in [3.63, 3.8) is 0 Å². The number of carbonyl (C=O) groups excluding carboxylic acids is 1. The second-order valence-corrected chi connectivity index (χ2v) is 9.46. The van der Waals surface area contributed by atoms with Crippen molar-refractivity contribution in [2.75, 3.05) is 11.9 Å². The first-order valence-electron chi connectivity index (χ1n) is 12.6. The van der Waals surface area contributed by atoms with Crippen molar-refractivity contribution >= 4 is 38.9 Å². The third-order valence-corrected chi connectivity index (χ3v) is 7.03. The van der Waals surface area contributed by atoms with Crippen molar-refractivity contribution in [1.29, 1.82) is 0 Å². The average molecular weight is 490 g/mol. The Morgan fingerprint density at radius 3 is 2.51 bits per heavy atom. The summed E-state index contributed by atoms with van der Waals surface area (Å²) in [5, 5.41) is 6.40. The molecule has 1 amide bonds. The molecule has 4 nitrogen and oxygen atoms in total. The van der Waals surface area contributed by atoms with Gasteiger partial charge in [-0.15, -0.1) is 0 Å². The molecule has 0 saturated carbocycles. The van der Waals surface area contributed by atoms with Gasteiger partial charge in [0, 0.05) is 33.8 Å². The Balaban J connectivity index is 1.59. The summed E-state index contributed by atoms with van der Waals surface area (Å²) in [5.74, 6) is 0.566. The van der Waals surface area contributed by atoms with Crippen LogP contribution >= 0.6 is 0 Å². The molecule has 186 valence electrons. The lowest BCUT2D eigenvalue weighted by molar-refractivity contribution is -0.111. The van der Waals surface area contributed by atoms with Gasteiger partial charge in [-0.2, -0.15) is 0 Å². The molecule has 0 aliphatic heterocycles. The Morgan fingerprint density at radius 1 is 0.946 bits per heavy atom. The molecule has 4 heteroatoms. The number of anilines is 1.